The van der Waals surface area contributed by atoms with Gasteiger partial charge in [0.25, 0.3) is 0 Å². The third-order valence-electron chi connectivity index (χ3n) is 4.11. The fourth-order valence-corrected chi connectivity index (χ4v) is 2.75. The number of hydrogen-bond acceptors (Lipinski definition) is 4. The minimum absolute atomic E-state index is 0.115. The second kappa shape index (κ2) is 6.17. The van der Waals surface area contributed by atoms with E-state index >= 15 is 0 Å². The Morgan fingerprint density at radius 1 is 1.45 bits per heavy atom. The van der Waals surface area contributed by atoms with Crippen molar-refractivity contribution in [3.63, 3.8) is 0 Å². The zero-order valence-electron chi connectivity index (χ0n) is 12.9. The van der Waals surface area contributed by atoms with Gasteiger partial charge in [-0.05, 0) is 24.0 Å². The summed E-state index contributed by atoms with van der Waals surface area (Å²) in [6, 6.07) is 7.97. The SMILES string of the molecule is CN(Cc1nncn1C)C(=O)CC1CCOc2ccccc21. The molecule has 1 aliphatic heterocycles. The van der Waals surface area contributed by atoms with Crippen molar-refractivity contribution in [1.29, 1.82) is 0 Å². The molecule has 1 aromatic heterocycles. The smallest absolute Gasteiger partial charge is 0.223 e. The maximum atomic E-state index is 12.5. The molecule has 0 spiro atoms. The fourth-order valence-electron chi connectivity index (χ4n) is 2.75. The number of aryl methyl sites for hydroxylation is 1. The maximum absolute atomic E-state index is 12.5. The van der Waals surface area contributed by atoms with Gasteiger partial charge in [-0.15, -0.1) is 10.2 Å². The van der Waals surface area contributed by atoms with Crippen molar-refractivity contribution in [1.82, 2.24) is 19.7 Å². The molecular formula is C16H20N4O2. The number of amides is 1. The van der Waals surface area contributed by atoms with Gasteiger partial charge in [0.1, 0.15) is 12.1 Å². The summed E-state index contributed by atoms with van der Waals surface area (Å²) >= 11 is 0. The molecule has 1 amide bonds. The number of aromatic nitrogens is 3. The highest BCUT2D eigenvalue weighted by Gasteiger charge is 2.25. The molecule has 0 radical (unpaired) electrons. The molecular weight excluding hydrogens is 280 g/mol. The van der Waals surface area contributed by atoms with Crippen molar-refractivity contribution in [2.75, 3.05) is 13.7 Å². The van der Waals surface area contributed by atoms with Gasteiger partial charge in [0, 0.05) is 20.5 Å². The van der Waals surface area contributed by atoms with Crippen LogP contribution in [0.4, 0.5) is 0 Å². The highest BCUT2D eigenvalue weighted by Crippen LogP contribution is 2.35. The van der Waals surface area contributed by atoms with Crippen molar-refractivity contribution >= 4 is 5.91 Å². The lowest BCUT2D eigenvalue weighted by Crippen LogP contribution is -2.29. The Hall–Kier alpha value is -2.37. The second-order valence-corrected chi connectivity index (χ2v) is 5.68. The summed E-state index contributed by atoms with van der Waals surface area (Å²) in [5, 5.41) is 7.86. The number of hydrogen-bond donors (Lipinski definition) is 0. The van der Waals surface area contributed by atoms with Crippen molar-refractivity contribution in [2.45, 2.75) is 25.3 Å². The molecule has 6 heteroatoms. The van der Waals surface area contributed by atoms with E-state index in [2.05, 4.69) is 16.3 Å². The number of carbonyl (C=O) groups excluding carboxylic acids is 1. The Balaban J connectivity index is 1.66. The lowest BCUT2D eigenvalue weighted by Gasteiger charge is -2.27. The minimum Gasteiger partial charge on any atom is -0.493 e. The highest BCUT2D eigenvalue weighted by molar-refractivity contribution is 5.77. The van der Waals surface area contributed by atoms with Crippen molar-refractivity contribution in [3.8, 4) is 5.75 Å². The molecule has 0 fully saturated rings. The maximum Gasteiger partial charge on any atom is 0.223 e. The van der Waals surface area contributed by atoms with E-state index in [4.69, 9.17) is 4.74 Å². The summed E-state index contributed by atoms with van der Waals surface area (Å²) in [7, 11) is 3.69. The molecule has 22 heavy (non-hydrogen) atoms. The molecule has 6 nitrogen and oxygen atoms in total. The molecule has 1 unspecified atom stereocenters. The molecule has 3 rings (SSSR count). The first-order chi connectivity index (χ1) is 10.6. The average Bonchev–Trinajstić information content (AvgIpc) is 2.93. The first-order valence-corrected chi connectivity index (χ1v) is 7.43. The number of ether oxygens (including phenoxy) is 1. The number of nitrogens with zero attached hydrogens (tertiary/aromatic N) is 4. The number of para-hydroxylation sites is 1. The molecule has 1 aliphatic rings. The van der Waals surface area contributed by atoms with E-state index in [0.29, 0.717) is 19.6 Å². The van der Waals surface area contributed by atoms with E-state index in [1.807, 2.05) is 36.9 Å². The molecule has 0 N–H and O–H groups in total. The standard InChI is InChI=1S/C16H20N4O2/c1-19(10-15-18-17-11-20(15)2)16(21)9-12-7-8-22-14-6-4-3-5-13(12)14/h3-6,11-12H,7-10H2,1-2H3. The van der Waals surface area contributed by atoms with E-state index in [1.54, 1.807) is 11.2 Å². The first-order valence-electron chi connectivity index (χ1n) is 7.43. The van der Waals surface area contributed by atoms with E-state index in [0.717, 1.165) is 23.6 Å². The van der Waals surface area contributed by atoms with Gasteiger partial charge in [0.2, 0.25) is 5.91 Å². The van der Waals surface area contributed by atoms with Crippen molar-refractivity contribution in [2.24, 2.45) is 7.05 Å². The summed E-state index contributed by atoms with van der Waals surface area (Å²) in [6.45, 7) is 1.14. The van der Waals surface area contributed by atoms with Gasteiger partial charge in [-0.1, -0.05) is 18.2 Å². The normalized spacial score (nSPS) is 16.7. The Morgan fingerprint density at radius 2 is 2.27 bits per heavy atom. The topological polar surface area (TPSA) is 60.2 Å². The average molecular weight is 300 g/mol. The highest BCUT2D eigenvalue weighted by atomic mass is 16.5. The third kappa shape index (κ3) is 2.95. The van der Waals surface area contributed by atoms with Gasteiger partial charge in [0.05, 0.1) is 13.2 Å². The summed E-state index contributed by atoms with van der Waals surface area (Å²) in [5.74, 6) is 2.02. The Morgan fingerprint density at radius 3 is 3.05 bits per heavy atom. The lowest BCUT2D eigenvalue weighted by atomic mass is 9.90. The van der Waals surface area contributed by atoms with Crippen molar-refractivity contribution < 1.29 is 9.53 Å². The predicted octanol–water partition coefficient (Wildman–Crippen LogP) is 1.73. The second-order valence-electron chi connectivity index (χ2n) is 5.68. The molecule has 2 aromatic rings. The van der Waals surface area contributed by atoms with Gasteiger partial charge < -0.3 is 14.2 Å². The van der Waals surface area contributed by atoms with Gasteiger partial charge in [-0.3, -0.25) is 4.79 Å². The monoisotopic (exact) mass is 300 g/mol. The minimum atomic E-state index is 0.115. The van der Waals surface area contributed by atoms with Crippen LogP contribution in [-0.2, 0) is 18.4 Å². The van der Waals surface area contributed by atoms with Crippen LogP contribution in [0.15, 0.2) is 30.6 Å². The molecule has 0 bridgehead atoms. The first kappa shape index (κ1) is 14.6. The molecule has 2 heterocycles. The number of carbonyl (C=O) groups is 1. The Kier molecular flexibility index (Phi) is 4.09. The van der Waals surface area contributed by atoms with Crippen LogP contribution in [0.3, 0.4) is 0 Å². The summed E-state index contributed by atoms with van der Waals surface area (Å²) < 4.78 is 7.48. The summed E-state index contributed by atoms with van der Waals surface area (Å²) in [4.78, 5) is 14.2. The fraction of sp³-hybridized carbons (Fsp3) is 0.438. The summed E-state index contributed by atoms with van der Waals surface area (Å²) in [6.07, 6.45) is 3.01. The Bertz CT molecular complexity index is 668. The van der Waals surface area contributed by atoms with Crippen LogP contribution in [0.1, 0.15) is 30.1 Å². The molecule has 1 aromatic carbocycles. The lowest BCUT2D eigenvalue weighted by molar-refractivity contribution is -0.131. The van der Waals surface area contributed by atoms with Crippen LogP contribution in [0.5, 0.6) is 5.75 Å². The number of rotatable bonds is 4. The van der Waals surface area contributed by atoms with E-state index in [-0.39, 0.29) is 11.8 Å². The van der Waals surface area contributed by atoms with E-state index in [1.165, 1.54) is 0 Å². The quantitative estimate of drug-likeness (QED) is 0.863. The number of benzene rings is 1. The van der Waals surface area contributed by atoms with Gasteiger partial charge in [-0.2, -0.15) is 0 Å². The van der Waals surface area contributed by atoms with E-state index < -0.39 is 0 Å². The van der Waals surface area contributed by atoms with Gasteiger partial charge in [0.15, 0.2) is 5.82 Å². The van der Waals surface area contributed by atoms with Crippen LogP contribution in [0, 0.1) is 0 Å². The van der Waals surface area contributed by atoms with Crippen LogP contribution in [0.25, 0.3) is 0 Å². The van der Waals surface area contributed by atoms with Crippen LogP contribution >= 0.6 is 0 Å². The van der Waals surface area contributed by atoms with Crippen LogP contribution in [0.2, 0.25) is 0 Å². The van der Waals surface area contributed by atoms with Crippen LogP contribution in [-0.4, -0.2) is 39.2 Å². The van der Waals surface area contributed by atoms with Crippen molar-refractivity contribution in [3.05, 3.63) is 42.0 Å². The Labute approximate surface area is 129 Å². The molecule has 0 saturated carbocycles. The molecule has 1 atom stereocenters. The van der Waals surface area contributed by atoms with Gasteiger partial charge >= 0.3 is 0 Å². The largest absolute Gasteiger partial charge is 0.493 e. The predicted molar refractivity (Wildman–Crippen MR) is 81.4 cm³/mol. The summed E-state index contributed by atoms with van der Waals surface area (Å²) in [5.41, 5.74) is 1.13. The van der Waals surface area contributed by atoms with Crippen LogP contribution < -0.4 is 4.74 Å². The van der Waals surface area contributed by atoms with Gasteiger partial charge in [-0.25, -0.2) is 0 Å². The number of fused-ring (bicyclic) bond motifs is 1. The van der Waals surface area contributed by atoms with E-state index in [9.17, 15) is 4.79 Å². The zero-order chi connectivity index (χ0) is 15.5. The molecule has 0 saturated heterocycles. The third-order valence-corrected chi connectivity index (χ3v) is 4.11. The molecule has 0 aliphatic carbocycles. The molecule has 116 valence electrons. The zero-order valence-corrected chi connectivity index (χ0v) is 12.9.